The molecule has 27 heavy (non-hydrogen) atoms. The van der Waals surface area contributed by atoms with Gasteiger partial charge in [-0.2, -0.15) is 5.26 Å². The maximum absolute atomic E-state index is 12.3. The number of para-hydroxylation sites is 1. The second-order valence-corrected chi connectivity index (χ2v) is 7.87. The van der Waals surface area contributed by atoms with Gasteiger partial charge >= 0.3 is 0 Å². The summed E-state index contributed by atoms with van der Waals surface area (Å²) in [6.07, 6.45) is -0.842. The number of ether oxygens (including phenoxy) is 1. The fraction of sp³-hybridized carbons (Fsp3) is 0.263. The number of nitriles is 1. The number of anilines is 1. The Morgan fingerprint density at radius 3 is 2.30 bits per heavy atom. The zero-order valence-electron chi connectivity index (χ0n) is 15.3. The molecule has 0 saturated heterocycles. The minimum absolute atomic E-state index is 0.112. The molecule has 2 N–H and O–H groups in total. The predicted molar refractivity (Wildman–Crippen MR) is 102 cm³/mol. The Kier molecular flexibility index (Phi) is 6.55. The van der Waals surface area contributed by atoms with Crippen molar-refractivity contribution in [3.63, 3.8) is 0 Å². The number of carbonyl (C=O) groups is 1. The zero-order chi connectivity index (χ0) is 20.0. The third-order valence-corrected chi connectivity index (χ3v) is 5.18. The van der Waals surface area contributed by atoms with Gasteiger partial charge in [0.25, 0.3) is 5.91 Å². The van der Waals surface area contributed by atoms with Crippen LogP contribution in [0.3, 0.4) is 0 Å². The standard InChI is InChI=1S/C19H21N3O4S/c1-13(2)22-27(24,25)17-10-8-16(9-11-17)21-19(23)14(3)26-18-7-5-4-6-15(18)12-20/h4-11,13-14,22H,1-3H3,(H,21,23)/t14-/m0/s1. The van der Waals surface area contributed by atoms with Gasteiger partial charge in [0.05, 0.1) is 10.5 Å². The fourth-order valence-electron chi connectivity index (χ4n) is 2.25. The first-order chi connectivity index (χ1) is 12.7. The molecule has 0 radical (unpaired) electrons. The molecule has 8 heteroatoms. The summed E-state index contributed by atoms with van der Waals surface area (Å²) in [7, 11) is -3.59. The summed E-state index contributed by atoms with van der Waals surface area (Å²) >= 11 is 0. The number of nitrogens with one attached hydrogen (secondary N) is 2. The lowest BCUT2D eigenvalue weighted by atomic mass is 10.2. The number of sulfonamides is 1. The van der Waals surface area contributed by atoms with E-state index in [4.69, 9.17) is 10.00 Å². The molecule has 0 saturated carbocycles. The molecule has 7 nitrogen and oxygen atoms in total. The van der Waals surface area contributed by atoms with Crippen molar-refractivity contribution < 1.29 is 17.9 Å². The lowest BCUT2D eigenvalue weighted by Crippen LogP contribution is -2.31. The number of amides is 1. The van der Waals surface area contributed by atoms with Crippen LogP contribution in [0.2, 0.25) is 0 Å². The van der Waals surface area contributed by atoms with Crippen molar-refractivity contribution in [2.24, 2.45) is 0 Å². The molecular formula is C19H21N3O4S. The molecule has 2 aromatic rings. The van der Waals surface area contributed by atoms with E-state index in [9.17, 15) is 13.2 Å². The topological polar surface area (TPSA) is 108 Å². The molecule has 2 rings (SSSR count). The van der Waals surface area contributed by atoms with Crippen LogP contribution in [-0.4, -0.2) is 26.5 Å². The minimum atomic E-state index is -3.59. The van der Waals surface area contributed by atoms with Gasteiger partial charge in [-0.3, -0.25) is 4.79 Å². The Labute approximate surface area is 159 Å². The lowest BCUT2D eigenvalue weighted by molar-refractivity contribution is -0.122. The maximum Gasteiger partial charge on any atom is 0.265 e. The highest BCUT2D eigenvalue weighted by atomic mass is 32.2. The highest BCUT2D eigenvalue weighted by Crippen LogP contribution is 2.19. The fourth-order valence-corrected chi connectivity index (χ4v) is 3.50. The van der Waals surface area contributed by atoms with Gasteiger partial charge in [0, 0.05) is 11.7 Å². The Morgan fingerprint density at radius 1 is 1.07 bits per heavy atom. The van der Waals surface area contributed by atoms with E-state index >= 15 is 0 Å². The van der Waals surface area contributed by atoms with Gasteiger partial charge in [0.15, 0.2) is 6.10 Å². The van der Waals surface area contributed by atoms with Crippen molar-refractivity contribution in [3.05, 3.63) is 54.1 Å². The highest BCUT2D eigenvalue weighted by molar-refractivity contribution is 7.89. The summed E-state index contributed by atoms with van der Waals surface area (Å²) in [5.41, 5.74) is 0.775. The van der Waals surface area contributed by atoms with Crippen LogP contribution in [0, 0.1) is 11.3 Å². The number of carbonyl (C=O) groups excluding carboxylic acids is 1. The molecule has 0 aliphatic heterocycles. The number of nitrogens with zero attached hydrogens (tertiary/aromatic N) is 1. The second kappa shape index (κ2) is 8.66. The van der Waals surface area contributed by atoms with Crippen LogP contribution in [0.5, 0.6) is 5.75 Å². The van der Waals surface area contributed by atoms with Crippen LogP contribution in [0.4, 0.5) is 5.69 Å². The van der Waals surface area contributed by atoms with E-state index in [1.165, 1.54) is 24.3 Å². The summed E-state index contributed by atoms with van der Waals surface area (Å²) in [6.45, 7) is 5.03. The van der Waals surface area contributed by atoms with E-state index in [1.54, 1.807) is 45.0 Å². The van der Waals surface area contributed by atoms with E-state index in [1.807, 2.05) is 6.07 Å². The van der Waals surface area contributed by atoms with Crippen LogP contribution in [0.1, 0.15) is 26.3 Å². The SMILES string of the molecule is CC(C)NS(=O)(=O)c1ccc(NC(=O)[C@H](C)Oc2ccccc2C#N)cc1. The number of hydrogen-bond acceptors (Lipinski definition) is 5. The van der Waals surface area contributed by atoms with E-state index in [0.717, 1.165) is 0 Å². The summed E-state index contributed by atoms with van der Waals surface area (Å²) in [5, 5.41) is 11.7. The van der Waals surface area contributed by atoms with Crippen LogP contribution in [0.15, 0.2) is 53.4 Å². The van der Waals surface area contributed by atoms with Crippen molar-refractivity contribution in [3.8, 4) is 11.8 Å². The predicted octanol–water partition coefficient (Wildman–Crippen LogP) is 2.65. The third-order valence-electron chi connectivity index (χ3n) is 3.50. The van der Waals surface area contributed by atoms with Gasteiger partial charge < -0.3 is 10.1 Å². The molecular weight excluding hydrogens is 366 g/mol. The third kappa shape index (κ3) is 5.54. The van der Waals surface area contributed by atoms with Crippen molar-refractivity contribution in [2.45, 2.75) is 37.8 Å². The number of benzene rings is 2. The minimum Gasteiger partial charge on any atom is -0.480 e. The summed E-state index contributed by atoms with van der Waals surface area (Å²) in [4.78, 5) is 12.4. The van der Waals surface area contributed by atoms with E-state index in [0.29, 0.717) is 17.0 Å². The molecule has 2 aromatic carbocycles. The first-order valence-corrected chi connectivity index (χ1v) is 9.80. The summed E-state index contributed by atoms with van der Waals surface area (Å²) in [6, 6.07) is 14.3. The van der Waals surface area contributed by atoms with Gasteiger partial charge in [-0.25, -0.2) is 13.1 Å². The largest absolute Gasteiger partial charge is 0.480 e. The van der Waals surface area contributed by atoms with E-state index in [2.05, 4.69) is 10.0 Å². The van der Waals surface area contributed by atoms with Crippen LogP contribution >= 0.6 is 0 Å². The molecule has 0 unspecified atom stereocenters. The smallest absolute Gasteiger partial charge is 0.265 e. The molecule has 0 fully saturated rings. The van der Waals surface area contributed by atoms with Crippen molar-refractivity contribution >= 4 is 21.6 Å². The van der Waals surface area contributed by atoms with Gasteiger partial charge in [0.2, 0.25) is 10.0 Å². The molecule has 0 aliphatic carbocycles. The van der Waals surface area contributed by atoms with Crippen LogP contribution < -0.4 is 14.8 Å². The highest BCUT2D eigenvalue weighted by Gasteiger charge is 2.18. The van der Waals surface area contributed by atoms with Crippen molar-refractivity contribution in [1.29, 1.82) is 5.26 Å². The monoisotopic (exact) mass is 387 g/mol. The molecule has 0 aliphatic rings. The Balaban J connectivity index is 2.04. The molecule has 142 valence electrons. The molecule has 0 bridgehead atoms. The number of rotatable bonds is 7. The van der Waals surface area contributed by atoms with Crippen molar-refractivity contribution in [1.82, 2.24) is 4.72 Å². The zero-order valence-corrected chi connectivity index (χ0v) is 16.1. The first kappa shape index (κ1) is 20.4. The molecule has 0 heterocycles. The molecule has 0 aromatic heterocycles. The molecule has 1 atom stereocenters. The lowest BCUT2D eigenvalue weighted by Gasteiger charge is -2.16. The Hall–Kier alpha value is -2.89. The van der Waals surface area contributed by atoms with Crippen LogP contribution in [-0.2, 0) is 14.8 Å². The average Bonchev–Trinajstić information content (AvgIpc) is 2.61. The van der Waals surface area contributed by atoms with Gasteiger partial charge in [-0.15, -0.1) is 0 Å². The van der Waals surface area contributed by atoms with Crippen molar-refractivity contribution in [2.75, 3.05) is 5.32 Å². The summed E-state index contributed by atoms with van der Waals surface area (Å²) < 4.78 is 32.2. The number of hydrogen-bond donors (Lipinski definition) is 2. The molecule has 0 spiro atoms. The average molecular weight is 387 g/mol. The van der Waals surface area contributed by atoms with Gasteiger partial charge in [-0.05, 0) is 57.2 Å². The maximum atomic E-state index is 12.3. The van der Waals surface area contributed by atoms with Gasteiger partial charge in [-0.1, -0.05) is 12.1 Å². The Morgan fingerprint density at radius 2 is 1.70 bits per heavy atom. The van der Waals surface area contributed by atoms with E-state index < -0.39 is 22.0 Å². The molecule has 1 amide bonds. The van der Waals surface area contributed by atoms with Gasteiger partial charge in [0.1, 0.15) is 11.8 Å². The summed E-state index contributed by atoms with van der Waals surface area (Å²) in [5.74, 6) is -0.0949. The first-order valence-electron chi connectivity index (χ1n) is 8.32. The van der Waals surface area contributed by atoms with Crippen LogP contribution in [0.25, 0.3) is 0 Å². The second-order valence-electron chi connectivity index (χ2n) is 6.16. The Bertz CT molecular complexity index is 948. The normalized spacial score (nSPS) is 12.3. The quantitative estimate of drug-likeness (QED) is 0.759. The van der Waals surface area contributed by atoms with E-state index in [-0.39, 0.29) is 10.9 Å².